The van der Waals surface area contributed by atoms with Gasteiger partial charge in [-0.15, -0.1) is 11.8 Å². The molecule has 0 spiro atoms. The van der Waals surface area contributed by atoms with Gasteiger partial charge in [0.1, 0.15) is 0 Å². The van der Waals surface area contributed by atoms with Crippen LogP contribution in [0.3, 0.4) is 0 Å². The van der Waals surface area contributed by atoms with Crippen molar-refractivity contribution in [1.29, 1.82) is 0 Å². The van der Waals surface area contributed by atoms with Gasteiger partial charge in [-0.05, 0) is 29.3 Å². The van der Waals surface area contributed by atoms with E-state index in [1.807, 2.05) is 59.3 Å². The molecule has 1 amide bonds. The minimum atomic E-state index is 0.0272. The van der Waals surface area contributed by atoms with Gasteiger partial charge in [-0.1, -0.05) is 41.9 Å². The molecule has 25 heavy (non-hydrogen) atoms. The Hall–Kier alpha value is -2.24. The van der Waals surface area contributed by atoms with Crippen LogP contribution in [0.1, 0.15) is 11.1 Å². The highest BCUT2D eigenvalue weighted by Crippen LogP contribution is 2.16. The van der Waals surface area contributed by atoms with Crippen molar-refractivity contribution in [3.05, 3.63) is 83.4 Å². The summed E-state index contributed by atoms with van der Waals surface area (Å²) in [5.74, 6) is 1.24. The molecule has 0 radical (unpaired) electrons. The summed E-state index contributed by atoms with van der Waals surface area (Å²) in [5.41, 5.74) is 3.23. The molecule has 0 fully saturated rings. The number of carbonyl (C=O) groups is 1. The van der Waals surface area contributed by atoms with Crippen LogP contribution in [0.2, 0.25) is 5.02 Å². The molecule has 0 saturated carbocycles. The number of benzene rings is 2. The van der Waals surface area contributed by atoms with Crippen molar-refractivity contribution < 1.29 is 4.79 Å². The Morgan fingerprint density at radius 3 is 2.72 bits per heavy atom. The Bertz CT molecular complexity index is 819. The number of amides is 1. The lowest BCUT2D eigenvalue weighted by atomic mass is 10.1. The second-order valence-corrected chi connectivity index (χ2v) is 6.92. The lowest BCUT2D eigenvalue weighted by Crippen LogP contribution is -2.25. The molecule has 0 unspecified atom stereocenters. The monoisotopic (exact) mass is 371 g/mol. The molecule has 2 aromatic carbocycles. The summed E-state index contributed by atoms with van der Waals surface area (Å²) in [4.78, 5) is 16.2. The lowest BCUT2D eigenvalue weighted by Gasteiger charge is -2.11. The van der Waals surface area contributed by atoms with E-state index in [2.05, 4.69) is 10.3 Å². The van der Waals surface area contributed by atoms with Gasteiger partial charge in [-0.25, -0.2) is 4.98 Å². The van der Waals surface area contributed by atoms with E-state index in [4.69, 9.17) is 11.6 Å². The topological polar surface area (TPSA) is 46.9 Å². The predicted octanol–water partition coefficient (Wildman–Crippen LogP) is 4.08. The fourth-order valence-electron chi connectivity index (χ4n) is 2.40. The van der Waals surface area contributed by atoms with Gasteiger partial charge in [0.15, 0.2) is 0 Å². The Balaban J connectivity index is 1.49. The largest absolute Gasteiger partial charge is 0.351 e. The van der Waals surface area contributed by atoms with E-state index in [0.717, 1.165) is 27.6 Å². The number of halogens is 1. The molecule has 6 heteroatoms. The molecule has 1 aromatic heterocycles. The third-order valence-electron chi connectivity index (χ3n) is 3.67. The van der Waals surface area contributed by atoms with Gasteiger partial charge < -0.3 is 9.88 Å². The third kappa shape index (κ3) is 5.11. The smallest absolute Gasteiger partial charge is 0.230 e. The molecule has 3 rings (SSSR count). The molecular formula is C19H18ClN3OS. The van der Waals surface area contributed by atoms with E-state index in [1.54, 1.807) is 24.3 Å². The molecule has 4 nitrogen and oxygen atoms in total. The zero-order chi connectivity index (χ0) is 17.5. The second kappa shape index (κ2) is 8.74. The Kier molecular flexibility index (Phi) is 6.14. The van der Waals surface area contributed by atoms with Crippen molar-refractivity contribution >= 4 is 29.3 Å². The number of hydrogen-bond acceptors (Lipinski definition) is 3. The number of rotatable bonds is 7. The summed E-state index contributed by atoms with van der Waals surface area (Å²) in [6.07, 6.45) is 5.38. The lowest BCUT2D eigenvalue weighted by molar-refractivity contribution is -0.118. The summed E-state index contributed by atoms with van der Waals surface area (Å²) in [6.45, 7) is 0.495. The molecule has 3 aromatic rings. The van der Waals surface area contributed by atoms with Gasteiger partial charge in [-0.3, -0.25) is 4.79 Å². The van der Waals surface area contributed by atoms with Crippen molar-refractivity contribution in [3.63, 3.8) is 0 Å². The zero-order valence-corrected chi connectivity index (χ0v) is 15.1. The first-order valence-electron chi connectivity index (χ1n) is 7.87. The summed E-state index contributed by atoms with van der Waals surface area (Å²) in [5, 5.41) is 3.71. The third-order valence-corrected chi connectivity index (χ3v) is 4.92. The molecule has 0 atom stereocenters. The van der Waals surface area contributed by atoms with E-state index in [9.17, 15) is 4.79 Å². The van der Waals surface area contributed by atoms with E-state index in [-0.39, 0.29) is 5.91 Å². The predicted molar refractivity (Wildman–Crippen MR) is 103 cm³/mol. The fraction of sp³-hybridized carbons (Fsp3) is 0.158. The van der Waals surface area contributed by atoms with Gasteiger partial charge in [-0.2, -0.15) is 0 Å². The van der Waals surface area contributed by atoms with Crippen LogP contribution in [0.15, 0.2) is 67.3 Å². The number of para-hydroxylation sites is 1. The summed E-state index contributed by atoms with van der Waals surface area (Å²) in [6, 6.07) is 15.7. The van der Waals surface area contributed by atoms with Crippen LogP contribution in [0.4, 0.5) is 0 Å². The van der Waals surface area contributed by atoms with Crippen molar-refractivity contribution in [2.45, 2.75) is 12.3 Å². The first-order chi connectivity index (χ1) is 12.2. The Morgan fingerprint density at radius 2 is 1.96 bits per heavy atom. The number of aromatic nitrogens is 2. The highest BCUT2D eigenvalue weighted by atomic mass is 35.5. The molecule has 1 N–H and O–H groups in total. The number of carbonyl (C=O) groups excluding carboxylic acids is 1. The van der Waals surface area contributed by atoms with Crippen LogP contribution >= 0.6 is 23.4 Å². The number of nitrogens with zero attached hydrogens (tertiary/aromatic N) is 2. The van der Waals surface area contributed by atoms with E-state index in [0.29, 0.717) is 12.3 Å². The van der Waals surface area contributed by atoms with E-state index < -0.39 is 0 Å². The maximum Gasteiger partial charge on any atom is 0.230 e. The van der Waals surface area contributed by atoms with Gasteiger partial charge in [0.2, 0.25) is 5.91 Å². The number of imidazole rings is 1. The van der Waals surface area contributed by atoms with Crippen LogP contribution in [0.25, 0.3) is 5.69 Å². The molecule has 0 saturated heterocycles. The van der Waals surface area contributed by atoms with E-state index >= 15 is 0 Å². The number of nitrogens with one attached hydrogen (secondary N) is 1. The first-order valence-corrected chi connectivity index (χ1v) is 9.41. The average Bonchev–Trinajstić information content (AvgIpc) is 3.16. The van der Waals surface area contributed by atoms with Crippen molar-refractivity contribution in [2.75, 3.05) is 5.75 Å². The summed E-state index contributed by atoms with van der Waals surface area (Å²) < 4.78 is 1.94. The van der Waals surface area contributed by atoms with Crippen LogP contribution in [-0.2, 0) is 17.1 Å². The Morgan fingerprint density at radius 1 is 1.16 bits per heavy atom. The maximum absolute atomic E-state index is 12.1. The standard InChI is InChI=1S/C19H18ClN3OS/c20-17-7-5-15(6-8-17)12-25-13-19(24)22-11-16-3-1-2-4-18(16)23-10-9-21-14-23/h1-10,14H,11-13H2,(H,22,24). The highest BCUT2D eigenvalue weighted by Gasteiger charge is 2.06. The minimum absolute atomic E-state index is 0.0272. The molecule has 0 aliphatic heterocycles. The maximum atomic E-state index is 12.1. The minimum Gasteiger partial charge on any atom is -0.351 e. The molecule has 0 aliphatic rings. The Labute approximate surface area is 156 Å². The highest BCUT2D eigenvalue weighted by molar-refractivity contribution is 7.99. The van der Waals surface area contributed by atoms with Crippen molar-refractivity contribution in [3.8, 4) is 5.69 Å². The summed E-state index contributed by atoms with van der Waals surface area (Å²) in [7, 11) is 0. The van der Waals surface area contributed by atoms with Crippen molar-refractivity contribution in [2.24, 2.45) is 0 Å². The van der Waals surface area contributed by atoms with Gasteiger partial charge in [0, 0.05) is 29.7 Å². The molecular weight excluding hydrogens is 354 g/mol. The molecule has 128 valence electrons. The first kappa shape index (κ1) is 17.6. The van der Waals surface area contributed by atoms with E-state index in [1.165, 1.54) is 0 Å². The molecule has 0 bridgehead atoms. The van der Waals surface area contributed by atoms with Crippen LogP contribution in [-0.4, -0.2) is 21.2 Å². The van der Waals surface area contributed by atoms with Crippen LogP contribution in [0.5, 0.6) is 0 Å². The van der Waals surface area contributed by atoms with Crippen LogP contribution < -0.4 is 5.32 Å². The van der Waals surface area contributed by atoms with Crippen LogP contribution in [0, 0.1) is 0 Å². The zero-order valence-electron chi connectivity index (χ0n) is 13.6. The number of thioether (sulfide) groups is 1. The second-order valence-electron chi connectivity index (χ2n) is 5.49. The van der Waals surface area contributed by atoms with Gasteiger partial charge >= 0.3 is 0 Å². The molecule has 0 aliphatic carbocycles. The SMILES string of the molecule is O=C(CSCc1ccc(Cl)cc1)NCc1ccccc1-n1ccnc1. The van der Waals surface area contributed by atoms with Crippen molar-refractivity contribution in [1.82, 2.24) is 14.9 Å². The van der Waals surface area contributed by atoms with Gasteiger partial charge in [0.05, 0.1) is 17.8 Å². The molecule has 1 heterocycles. The quantitative estimate of drug-likeness (QED) is 0.680. The number of hydrogen-bond donors (Lipinski definition) is 1. The normalized spacial score (nSPS) is 10.6. The summed E-state index contributed by atoms with van der Waals surface area (Å²) >= 11 is 7.46. The van der Waals surface area contributed by atoms with Gasteiger partial charge in [0.25, 0.3) is 0 Å². The average molecular weight is 372 g/mol. The fourth-order valence-corrected chi connectivity index (χ4v) is 3.34.